The van der Waals surface area contributed by atoms with Gasteiger partial charge < -0.3 is 0 Å². The van der Waals surface area contributed by atoms with E-state index < -0.39 is 32.0 Å². The van der Waals surface area contributed by atoms with Gasteiger partial charge in [-0.05, 0) is 0 Å². The minimum Gasteiger partial charge on any atom is -0.262 e. The van der Waals surface area contributed by atoms with Gasteiger partial charge in [0, 0.05) is 0 Å². The average molecular weight is 260 g/mol. The molecule has 0 aromatic heterocycles. The number of rotatable bonds is 1. The van der Waals surface area contributed by atoms with Crippen molar-refractivity contribution in [2.24, 2.45) is 5.84 Å². The predicted octanol–water partition coefficient (Wildman–Crippen LogP) is 0.101. The first-order valence-electron chi connectivity index (χ1n) is 2.79. The Balaban J connectivity index is 5.23. The van der Waals surface area contributed by atoms with Crippen LogP contribution in [0.5, 0.6) is 0 Å². The lowest BCUT2D eigenvalue weighted by Crippen LogP contribution is -2.53. The molecule has 2 N–H and O–H groups in total. The molecule has 0 aromatic rings. The van der Waals surface area contributed by atoms with E-state index in [-0.39, 0.29) is 0 Å². The molecule has 90 valence electrons. The quantitative estimate of drug-likeness (QED) is 0.314. The number of carbonyl (C=O) groups excluding carboxylic acids is 1. The van der Waals surface area contributed by atoms with Crippen LogP contribution in [0.3, 0.4) is 0 Å². The lowest BCUT2D eigenvalue weighted by atomic mass is 10.6. The summed E-state index contributed by atoms with van der Waals surface area (Å²) in [6.07, 6.45) is -5.81. The summed E-state index contributed by atoms with van der Waals surface area (Å²) in [4.78, 5) is 10.1. The van der Waals surface area contributed by atoms with Crippen molar-refractivity contribution < 1.29 is 39.6 Å². The highest BCUT2D eigenvalue weighted by Crippen LogP contribution is 2.28. The molecule has 0 unspecified atom stereocenters. The Labute approximate surface area is 78.5 Å². The Morgan fingerprint density at radius 3 is 1.60 bits per heavy atom. The topological polar surface area (TPSA) is 80.5 Å². The van der Waals surface area contributed by atoms with Crippen LogP contribution in [-0.2, 0) is 14.8 Å². The summed E-state index contributed by atoms with van der Waals surface area (Å²) in [5, 5.41) is 0. The Kier molecular flexibility index (Phi) is 3.27. The second-order valence-corrected chi connectivity index (χ2v) is 3.86. The van der Waals surface area contributed by atoms with Crippen molar-refractivity contribution in [3.05, 3.63) is 0 Å². The van der Waals surface area contributed by atoms with Crippen molar-refractivity contribution in [2.75, 3.05) is 0 Å². The molecule has 0 aliphatic rings. The maximum absolute atomic E-state index is 11.6. The van der Waals surface area contributed by atoms with Crippen molar-refractivity contribution in [3.63, 3.8) is 0 Å². The Morgan fingerprint density at radius 2 is 1.40 bits per heavy atom. The summed E-state index contributed by atoms with van der Waals surface area (Å²) >= 11 is 0. The van der Waals surface area contributed by atoms with Gasteiger partial charge in [0.05, 0.1) is 0 Å². The maximum atomic E-state index is 11.6. The largest absolute Gasteiger partial charge is 0.518 e. The van der Waals surface area contributed by atoms with Gasteiger partial charge in [0.25, 0.3) is 0 Å². The van der Waals surface area contributed by atoms with E-state index in [1.165, 1.54) is 0 Å². The molecule has 12 heteroatoms. The molecule has 0 spiro atoms. The fourth-order valence-electron chi connectivity index (χ4n) is 0.346. The predicted molar refractivity (Wildman–Crippen MR) is 32.1 cm³/mol. The summed E-state index contributed by atoms with van der Waals surface area (Å²) in [6, 6.07) is 0. The molecule has 0 radical (unpaired) electrons. The number of carbonyl (C=O) groups is 1. The number of hydrazine groups is 1. The number of hydrogen-bond acceptors (Lipinski definition) is 4. The highest BCUT2D eigenvalue weighted by atomic mass is 32.2. The van der Waals surface area contributed by atoms with Gasteiger partial charge >= 0.3 is 27.6 Å². The van der Waals surface area contributed by atoms with Gasteiger partial charge in [-0.2, -0.15) is 39.2 Å². The van der Waals surface area contributed by atoms with Crippen LogP contribution < -0.4 is 5.84 Å². The summed E-state index contributed by atoms with van der Waals surface area (Å²) in [7, 11) is -6.52. The van der Waals surface area contributed by atoms with Crippen LogP contribution in [0.2, 0.25) is 0 Å². The van der Waals surface area contributed by atoms with E-state index in [0.717, 1.165) is 0 Å². The highest BCUT2D eigenvalue weighted by Gasteiger charge is 2.56. The molecule has 0 rings (SSSR count). The molecule has 0 fully saturated rings. The molecule has 0 aliphatic heterocycles. The first kappa shape index (κ1) is 14.0. The summed E-state index contributed by atoms with van der Waals surface area (Å²) in [6.45, 7) is 0. The van der Waals surface area contributed by atoms with Gasteiger partial charge in [-0.25, -0.2) is 5.84 Å². The number of alkyl halides is 6. The van der Waals surface area contributed by atoms with Crippen molar-refractivity contribution in [2.45, 2.75) is 11.7 Å². The number of nitrogens with zero attached hydrogens (tertiary/aromatic N) is 1. The molecule has 1 amide bonds. The first-order valence-corrected chi connectivity index (χ1v) is 4.23. The normalized spacial score (nSPS) is 13.8. The van der Waals surface area contributed by atoms with E-state index >= 15 is 0 Å². The fraction of sp³-hybridized carbons (Fsp3) is 0.667. The van der Waals surface area contributed by atoms with Crippen LogP contribution in [0.15, 0.2) is 0 Å². The van der Waals surface area contributed by atoms with Crippen molar-refractivity contribution in [3.8, 4) is 0 Å². The zero-order chi connectivity index (χ0) is 12.7. The van der Waals surface area contributed by atoms with E-state index in [2.05, 4.69) is 5.84 Å². The zero-order valence-electron chi connectivity index (χ0n) is 6.43. The average Bonchev–Trinajstić information content (AvgIpc) is 1.97. The molecular weight excluding hydrogens is 258 g/mol. The third-order valence-electron chi connectivity index (χ3n) is 0.994. The molecule has 0 aliphatic carbocycles. The first-order chi connectivity index (χ1) is 6.32. The molecule has 0 heterocycles. The van der Waals surface area contributed by atoms with E-state index in [0.29, 0.717) is 0 Å². The Morgan fingerprint density at radius 1 is 1.07 bits per heavy atom. The van der Waals surface area contributed by atoms with Gasteiger partial charge in [-0.1, -0.05) is 0 Å². The van der Waals surface area contributed by atoms with Crippen LogP contribution in [-0.4, -0.2) is 30.4 Å². The van der Waals surface area contributed by atoms with Crippen LogP contribution in [0.25, 0.3) is 0 Å². The lowest BCUT2D eigenvalue weighted by Gasteiger charge is -2.18. The summed E-state index contributed by atoms with van der Waals surface area (Å²) < 4.78 is 87.8. The standard InChI is InChI=1S/C3H2F6N2O3S/c4-2(5,6)1(12)11(10)15(13,14)3(7,8)9/h10H2. The molecule has 0 saturated carbocycles. The second-order valence-electron chi connectivity index (χ2n) is 2.05. The Hall–Kier alpha value is -1.04. The van der Waals surface area contributed by atoms with Gasteiger partial charge in [0.15, 0.2) is 0 Å². The number of amides is 1. The number of sulfonamides is 1. The van der Waals surface area contributed by atoms with Crippen molar-refractivity contribution in [1.82, 2.24) is 4.41 Å². The third-order valence-corrected chi connectivity index (χ3v) is 2.26. The third kappa shape index (κ3) is 2.71. The maximum Gasteiger partial charge on any atom is 0.518 e. The molecule has 0 bridgehead atoms. The number of halogens is 6. The molecule has 0 saturated heterocycles. The minimum absolute atomic E-state index is 1.90. The summed E-state index contributed by atoms with van der Waals surface area (Å²) in [5.41, 5.74) is -6.08. The molecule has 5 nitrogen and oxygen atoms in total. The highest BCUT2D eigenvalue weighted by molar-refractivity contribution is 7.90. The van der Waals surface area contributed by atoms with E-state index in [4.69, 9.17) is 0 Å². The van der Waals surface area contributed by atoms with Gasteiger partial charge in [-0.15, -0.1) is 0 Å². The van der Waals surface area contributed by atoms with Crippen LogP contribution in [0.1, 0.15) is 0 Å². The van der Waals surface area contributed by atoms with Crippen LogP contribution in [0.4, 0.5) is 26.3 Å². The zero-order valence-corrected chi connectivity index (χ0v) is 7.24. The van der Waals surface area contributed by atoms with Crippen LogP contribution in [0, 0.1) is 0 Å². The lowest BCUT2D eigenvalue weighted by molar-refractivity contribution is -0.181. The van der Waals surface area contributed by atoms with Crippen molar-refractivity contribution in [1.29, 1.82) is 0 Å². The molecular formula is C3H2F6N2O3S. The Bertz CT molecular complexity index is 355. The molecule has 15 heavy (non-hydrogen) atoms. The fourth-order valence-corrected chi connectivity index (χ4v) is 0.890. The van der Waals surface area contributed by atoms with Gasteiger partial charge in [0.2, 0.25) is 0 Å². The summed E-state index contributed by atoms with van der Waals surface area (Å²) in [5.74, 6) is 0.590. The van der Waals surface area contributed by atoms with E-state index in [1.54, 1.807) is 0 Å². The SMILES string of the molecule is NN(C(=O)C(F)(F)F)S(=O)(=O)C(F)(F)F. The smallest absolute Gasteiger partial charge is 0.262 e. The molecule has 0 atom stereocenters. The molecule has 0 aromatic carbocycles. The monoisotopic (exact) mass is 260 g/mol. The van der Waals surface area contributed by atoms with Crippen molar-refractivity contribution >= 4 is 15.9 Å². The van der Waals surface area contributed by atoms with Gasteiger partial charge in [0.1, 0.15) is 0 Å². The minimum atomic E-state index is -6.52. The van der Waals surface area contributed by atoms with E-state index in [9.17, 15) is 39.6 Å². The van der Waals surface area contributed by atoms with Crippen LogP contribution >= 0.6 is 0 Å². The number of nitrogens with two attached hydrogens (primary N) is 1. The van der Waals surface area contributed by atoms with Gasteiger partial charge in [-0.3, -0.25) is 4.79 Å². The second kappa shape index (κ2) is 3.52. The van der Waals surface area contributed by atoms with E-state index in [1.807, 2.05) is 0 Å². The number of hydrogen-bond donors (Lipinski definition) is 1.